The quantitative estimate of drug-likeness (QED) is 0.624. The zero-order chi connectivity index (χ0) is 17.9. The fourth-order valence-electron chi connectivity index (χ4n) is 2.30. The van der Waals surface area contributed by atoms with Crippen molar-refractivity contribution in [2.75, 3.05) is 18.5 Å². The molecule has 0 atom stereocenters. The van der Waals surface area contributed by atoms with Gasteiger partial charge in [-0.1, -0.05) is 12.1 Å². The molecule has 128 valence electrons. The Bertz CT molecular complexity index is 686. The van der Waals surface area contributed by atoms with Crippen LogP contribution in [0.15, 0.2) is 24.3 Å². The minimum Gasteiger partial charge on any atom is -0.492 e. The van der Waals surface area contributed by atoms with Crippen LogP contribution in [0.1, 0.15) is 20.8 Å². The third-order valence-electron chi connectivity index (χ3n) is 3.36. The van der Waals surface area contributed by atoms with E-state index in [0.717, 1.165) is 4.90 Å². The molecule has 0 aliphatic carbocycles. The Kier molecular flexibility index (Phi) is 5.18. The van der Waals surface area contributed by atoms with Crippen molar-refractivity contribution in [2.45, 2.75) is 26.8 Å². The van der Waals surface area contributed by atoms with Crippen LogP contribution in [-0.4, -0.2) is 52.7 Å². The smallest absolute Gasteiger partial charge is 0.334 e. The molecule has 0 aromatic heterocycles. The number of imide groups is 2. The summed E-state index contributed by atoms with van der Waals surface area (Å²) < 4.78 is 5.39. The maximum atomic E-state index is 12.2. The molecule has 24 heavy (non-hydrogen) atoms. The second kappa shape index (κ2) is 7.12. The van der Waals surface area contributed by atoms with Crippen molar-refractivity contribution in [3.05, 3.63) is 24.3 Å². The van der Waals surface area contributed by atoms with Gasteiger partial charge in [-0.2, -0.15) is 0 Å². The van der Waals surface area contributed by atoms with Gasteiger partial charge in [-0.15, -0.1) is 0 Å². The van der Waals surface area contributed by atoms with E-state index in [2.05, 4.69) is 5.32 Å². The Morgan fingerprint density at radius 1 is 1.17 bits per heavy atom. The number of amides is 5. The predicted molar refractivity (Wildman–Crippen MR) is 85.3 cm³/mol. The maximum absolute atomic E-state index is 12.2. The summed E-state index contributed by atoms with van der Waals surface area (Å²) in [7, 11) is 0. The van der Waals surface area contributed by atoms with E-state index < -0.39 is 36.3 Å². The summed E-state index contributed by atoms with van der Waals surface area (Å²) in [4.78, 5) is 49.5. The number of anilines is 1. The highest BCUT2D eigenvalue weighted by molar-refractivity contribution is 6.45. The van der Waals surface area contributed by atoms with Gasteiger partial charge in [0, 0.05) is 6.04 Å². The van der Waals surface area contributed by atoms with Crippen LogP contribution >= 0.6 is 0 Å². The summed E-state index contributed by atoms with van der Waals surface area (Å²) in [6.07, 6.45) is 0. The van der Waals surface area contributed by atoms with Crippen molar-refractivity contribution in [1.29, 1.82) is 0 Å². The normalized spacial score (nSPS) is 14.6. The predicted octanol–water partition coefficient (Wildman–Crippen LogP) is 1.22. The summed E-state index contributed by atoms with van der Waals surface area (Å²) in [5, 5.41) is 2.58. The minimum atomic E-state index is -0.998. The van der Waals surface area contributed by atoms with Crippen LogP contribution in [0.5, 0.6) is 5.75 Å². The van der Waals surface area contributed by atoms with Crippen molar-refractivity contribution in [2.24, 2.45) is 0 Å². The molecule has 0 saturated carbocycles. The molecule has 0 bridgehead atoms. The SMILES string of the molecule is CCOc1ccccc1NC(=O)CN1C(=O)C(=O)N(C(C)C)C1=O. The van der Waals surface area contributed by atoms with Crippen LogP contribution < -0.4 is 10.1 Å². The fourth-order valence-corrected chi connectivity index (χ4v) is 2.30. The molecule has 8 nitrogen and oxygen atoms in total. The molecular weight excluding hydrogens is 314 g/mol. The molecule has 0 radical (unpaired) electrons. The van der Waals surface area contributed by atoms with Crippen molar-refractivity contribution in [1.82, 2.24) is 9.80 Å². The highest BCUT2D eigenvalue weighted by atomic mass is 16.5. The van der Waals surface area contributed by atoms with Crippen LogP contribution in [0, 0.1) is 0 Å². The number of carbonyl (C=O) groups is 4. The molecule has 1 aromatic rings. The van der Waals surface area contributed by atoms with E-state index in [1.807, 2.05) is 6.92 Å². The van der Waals surface area contributed by atoms with Gasteiger partial charge >= 0.3 is 17.8 Å². The second-order valence-corrected chi connectivity index (χ2v) is 5.42. The van der Waals surface area contributed by atoms with E-state index in [0.29, 0.717) is 22.9 Å². The van der Waals surface area contributed by atoms with Gasteiger partial charge in [-0.25, -0.2) is 9.69 Å². The Morgan fingerprint density at radius 3 is 2.42 bits per heavy atom. The molecule has 1 saturated heterocycles. The first-order valence-corrected chi connectivity index (χ1v) is 7.57. The highest BCUT2D eigenvalue weighted by Crippen LogP contribution is 2.24. The van der Waals surface area contributed by atoms with Crippen LogP contribution in [-0.2, 0) is 14.4 Å². The van der Waals surface area contributed by atoms with Gasteiger partial charge in [0.25, 0.3) is 0 Å². The number of hydrogen-bond donors (Lipinski definition) is 1. The molecule has 1 aromatic carbocycles. The monoisotopic (exact) mass is 333 g/mol. The lowest BCUT2D eigenvalue weighted by atomic mass is 10.3. The summed E-state index contributed by atoms with van der Waals surface area (Å²) in [5.41, 5.74) is 0.426. The summed E-state index contributed by atoms with van der Waals surface area (Å²) in [6.45, 7) is 4.93. The van der Waals surface area contributed by atoms with Crippen molar-refractivity contribution in [3.8, 4) is 5.75 Å². The standard InChI is InChI=1S/C16H19N3O5/c1-4-24-12-8-6-5-7-11(12)17-13(20)9-18-14(21)15(22)19(10(2)3)16(18)23/h5-8,10H,4,9H2,1-3H3,(H,17,20). The third kappa shape index (κ3) is 3.37. The van der Waals surface area contributed by atoms with Crippen LogP contribution in [0.2, 0.25) is 0 Å². The summed E-state index contributed by atoms with van der Waals surface area (Å²) in [6, 6.07) is 5.56. The number of rotatable bonds is 6. The summed E-state index contributed by atoms with van der Waals surface area (Å²) in [5.74, 6) is -2.03. The van der Waals surface area contributed by atoms with Gasteiger partial charge in [-0.3, -0.25) is 19.3 Å². The number of hydrogen-bond acceptors (Lipinski definition) is 5. The van der Waals surface area contributed by atoms with Gasteiger partial charge in [0.2, 0.25) is 5.91 Å². The third-order valence-corrected chi connectivity index (χ3v) is 3.36. The molecule has 1 heterocycles. The molecule has 0 unspecified atom stereocenters. The Morgan fingerprint density at radius 2 is 1.83 bits per heavy atom. The largest absolute Gasteiger partial charge is 0.492 e. The van der Waals surface area contributed by atoms with Gasteiger partial charge in [0.15, 0.2) is 0 Å². The summed E-state index contributed by atoms with van der Waals surface area (Å²) >= 11 is 0. The van der Waals surface area contributed by atoms with Crippen LogP contribution in [0.3, 0.4) is 0 Å². The maximum Gasteiger partial charge on any atom is 0.334 e. The van der Waals surface area contributed by atoms with Gasteiger partial charge in [-0.05, 0) is 32.9 Å². The van der Waals surface area contributed by atoms with Gasteiger partial charge < -0.3 is 10.1 Å². The van der Waals surface area contributed by atoms with E-state index in [9.17, 15) is 19.2 Å². The molecule has 0 spiro atoms. The van der Waals surface area contributed by atoms with E-state index in [4.69, 9.17) is 4.74 Å². The first-order valence-electron chi connectivity index (χ1n) is 7.57. The first kappa shape index (κ1) is 17.5. The number of urea groups is 1. The molecule has 2 rings (SSSR count). The Labute approximate surface area is 139 Å². The lowest BCUT2D eigenvalue weighted by Crippen LogP contribution is -2.40. The fraction of sp³-hybridized carbons (Fsp3) is 0.375. The zero-order valence-corrected chi connectivity index (χ0v) is 13.7. The van der Waals surface area contributed by atoms with Crippen molar-refractivity contribution < 1.29 is 23.9 Å². The molecule has 8 heteroatoms. The van der Waals surface area contributed by atoms with Crippen molar-refractivity contribution >= 4 is 29.4 Å². The minimum absolute atomic E-state index is 0.424. The van der Waals surface area contributed by atoms with Gasteiger partial charge in [0.05, 0.1) is 12.3 Å². The number of benzene rings is 1. The molecule has 1 aliphatic rings. The van der Waals surface area contributed by atoms with Crippen LogP contribution in [0.4, 0.5) is 10.5 Å². The lowest BCUT2D eigenvalue weighted by Gasteiger charge is -2.18. The number of nitrogens with zero attached hydrogens (tertiary/aromatic N) is 2. The first-order chi connectivity index (χ1) is 11.4. The molecule has 5 amide bonds. The molecular formula is C16H19N3O5. The van der Waals surface area contributed by atoms with E-state index in [1.54, 1.807) is 38.1 Å². The van der Waals surface area contributed by atoms with E-state index >= 15 is 0 Å². The Balaban J connectivity index is 2.09. The molecule has 1 fully saturated rings. The lowest BCUT2D eigenvalue weighted by molar-refractivity contribution is -0.144. The topological polar surface area (TPSA) is 96.0 Å². The number of nitrogens with one attached hydrogen (secondary N) is 1. The van der Waals surface area contributed by atoms with Gasteiger partial charge in [0.1, 0.15) is 12.3 Å². The van der Waals surface area contributed by atoms with E-state index in [1.165, 1.54) is 0 Å². The molecule has 1 N–H and O–H groups in total. The number of carbonyl (C=O) groups excluding carboxylic acids is 4. The van der Waals surface area contributed by atoms with E-state index in [-0.39, 0.29) is 0 Å². The second-order valence-electron chi connectivity index (χ2n) is 5.42. The highest BCUT2D eigenvalue weighted by Gasteiger charge is 2.46. The average Bonchev–Trinajstić information content (AvgIpc) is 2.73. The van der Waals surface area contributed by atoms with Crippen LogP contribution in [0.25, 0.3) is 0 Å². The zero-order valence-electron chi connectivity index (χ0n) is 13.7. The Hall–Kier alpha value is -2.90. The number of ether oxygens (including phenoxy) is 1. The average molecular weight is 333 g/mol. The van der Waals surface area contributed by atoms with Crippen molar-refractivity contribution in [3.63, 3.8) is 0 Å². The molecule has 1 aliphatic heterocycles. The number of para-hydroxylation sites is 2.